The molecule has 0 bridgehead atoms. The second-order valence-electron chi connectivity index (χ2n) is 7.38. The lowest BCUT2D eigenvalue weighted by atomic mass is 9.89. The SMILES string of the molecule is CCC(CC(=O)O)c1ccc(N2CCC(c3ccccc3)CC2)c([N+](=O)[O-])c1. The van der Waals surface area contributed by atoms with E-state index in [1.165, 1.54) is 5.56 Å². The maximum atomic E-state index is 11.7. The van der Waals surface area contributed by atoms with Crippen LogP contribution in [0.3, 0.4) is 0 Å². The molecule has 1 aliphatic heterocycles. The average molecular weight is 382 g/mol. The molecule has 28 heavy (non-hydrogen) atoms. The Morgan fingerprint density at radius 3 is 2.46 bits per heavy atom. The van der Waals surface area contributed by atoms with E-state index in [0.717, 1.165) is 31.5 Å². The summed E-state index contributed by atoms with van der Waals surface area (Å²) in [5.41, 5.74) is 2.75. The molecule has 0 saturated carbocycles. The molecule has 3 rings (SSSR count). The van der Waals surface area contributed by atoms with Crippen LogP contribution in [-0.4, -0.2) is 29.1 Å². The van der Waals surface area contributed by atoms with Gasteiger partial charge in [-0.3, -0.25) is 14.9 Å². The topological polar surface area (TPSA) is 83.7 Å². The highest BCUT2D eigenvalue weighted by Crippen LogP contribution is 2.37. The predicted molar refractivity (Wildman–Crippen MR) is 109 cm³/mol. The number of benzene rings is 2. The van der Waals surface area contributed by atoms with Crippen LogP contribution in [0.25, 0.3) is 0 Å². The molecule has 148 valence electrons. The van der Waals surface area contributed by atoms with Crippen LogP contribution in [0.1, 0.15) is 55.6 Å². The van der Waals surface area contributed by atoms with Crippen LogP contribution in [0.15, 0.2) is 48.5 Å². The number of nitro benzene ring substituents is 1. The van der Waals surface area contributed by atoms with Crippen LogP contribution < -0.4 is 4.90 Å². The summed E-state index contributed by atoms with van der Waals surface area (Å²) in [7, 11) is 0. The molecule has 0 aliphatic carbocycles. The van der Waals surface area contributed by atoms with Gasteiger partial charge in [-0.25, -0.2) is 0 Å². The quantitative estimate of drug-likeness (QED) is 0.541. The molecule has 6 nitrogen and oxygen atoms in total. The Labute approximate surface area is 165 Å². The highest BCUT2D eigenvalue weighted by Gasteiger charge is 2.27. The van der Waals surface area contributed by atoms with Gasteiger partial charge in [0.1, 0.15) is 5.69 Å². The highest BCUT2D eigenvalue weighted by atomic mass is 16.6. The fraction of sp³-hybridized carbons (Fsp3) is 0.409. The van der Waals surface area contributed by atoms with Crippen molar-refractivity contribution in [2.45, 2.75) is 44.4 Å². The van der Waals surface area contributed by atoms with Crippen molar-refractivity contribution in [2.75, 3.05) is 18.0 Å². The molecular weight excluding hydrogens is 356 g/mol. The normalized spacial score (nSPS) is 16.0. The van der Waals surface area contributed by atoms with Gasteiger partial charge in [0.15, 0.2) is 0 Å². The van der Waals surface area contributed by atoms with Gasteiger partial charge in [-0.2, -0.15) is 0 Å². The van der Waals surface area contributed by atoms with Gasteiger partial charge in [0.2, 0.25) is 0 Å². The van der Waals surface area contributed by atoms with Crippen LogP contribution in [0.2, 0.25) is 0 Å². The average Bonchev–Trinajstić information content (AvgIpc) is 2.72. The molecule has 2 aromatic carbocycles. The van der Waals surface area contributed by atoms with Crippen LogP contribution in [-0.2, 0) is 4.79 Å². The number of nitrogens with zero attached hydrogens (tertiary/aromatic N) is 2. The summed E-state index contributed by atoms with van der Waals surface area (Å²) in [6.07, 6.45) is 2.53. The third-order valence-corrected chi connectivity index (χ3v) is 5.69. The molecule has 1 fully saturated rings. The van der Waals surface area contributed by atoms with Crippen LogP contribution in [0.4, 0.5) is 11.4 Å². The highest BCUT2D eigenvalue weighted by molar-refractivity contribution is 5.69. The number of piperidine rings is 1. The van der Waals surface area contributed by atoms with Gasteiger partial charge < -0.3 is 10.0 Å². The van der Waals surface area contributed by atoms with E-state index in [1.54, 1.807) is 12.1 Å². The minimum Gasteiger partial charge on any atom is -0.481 e. The monoisotopic (exact) mass is 382 g/mol. The Kier molecular flexibility index (Phi) is 6.29. The van der Waals surface area contributed by atoms with Crippen molar-refractivity contribution in [2.24, 2.45) is 0 Å². The molecule has 0 amide bonds. The van der Waals surface area contributed by atoms with E-state index in [1.807, 2.05) is 31.2 Å². The zero-order valence-corrected chi connectivity index (χ0v) is 16.1. The van der Waals surface area contributed by atoms with E-state index in [0.29, 0.717) is 18.0 Å². The predicted octanol–water partition coefficient (Wildman–Crippen LogP) is 4.95. The smallest absolute Gasteiger partial charge is 0.303 e. The number of carbonyl (C=O) groups is 1. The first-order chi connectivity index (χ1) is 13.5. The number of carboxylic acids is 1. The molecule has 1 N–H and O–H groups in total. The van der Waals surface area contributed by atoms with Crippen molar-refractivity contribution >= 4 is 17.3 Å². The largest absolute Gasteiger partial charge is 0.481 e. The summed E-state index contributed by atoms with van der Waals surface area (Å²) in [5, 5.41) is 20.8. The molecule has 0 spiro atoms. The first-order valence-electron chi connectivity index (χ1n) is 9.79. The Bertz CT molecular complexity index is 830. The van der Waals surface area contributed by atoms with Crippen molar-refractivity contribution in [3.63, 3.8) is 0 Å². The molecule has 1 aliphatic rings. The van der Waals surface area contributed by atoms with Crippen molar-refractivity contribution in [3.8, 4) is 0 Å². The van der Waals surface area contributed by atoms with Gasteiger partial charge in [-0.05, 0) is 48.3 Å². The zero-order valence-electron chi connectivity index (χ0n) is 16.1. The van der Waals surface area contributed by atoms with Gasteiger partial charge in [0.05, 0.1) is 11.3 Å². The Balaban J connectivity index is 1.78. The lowest BCUT2D eigenvalue weighted by Gasteiger charge is -2.33. The maximum absolute atomic E-state index is 11.7. The second-order valence-corrected chi connectivity index (χ2v) is 7.38. The number of carboxylic acid groups (broad SMARTS) is 1. The summed E-state index contributed by atoms with van der Waals surface area (Å²) < 4.78 is 0. The van der Waals surface area contributed by atoms with E-state index in [9.17, 15) is 14.9 Å². The van der Waals surface area contributed by atoms with Crippen LogP contribution in [0, 0.1) is 10.1 Å². The molecule has 1 atom stereocenters. The number of hydrogen-bond acceptors (Lipinski definition) is 4. The van der Waals surface area contributed by atoms with Crippen molar-refractivity contribution in [1.82, 2.24) is 0 Å². The number of hydrogen-bond donors (Lipinski definition) is 1. The molecule has 1 saturated heterocycles. The van der Waals surface area contributed by atoms with Crippen molar-refractivity contribution in [3.05, 3.63) is 69.8 Å². The Morgan fingerprint density at radius 2 is 1.89 bits per heavy atom. The minimum absolute atomic E-state index is 0.0184. The molecule has 2 aromatic rings. The zero-order chi connectivity index (χ0) is 20.1. The number of anilines is 1. The lowest BCUT2D eigenvalue weighted by molar-refractivity contribution is -0.384. The third kappa shape index (κ3) is 4.50. The minimum atomic E-state index is -0.887. The standard InChI is InChI=1S/C22H26N2O4/c1-2-16(15-22(25)26)19-8-9-20(21(14-19)24(27)28)23-12-10-18(11-13-23)17-6-4-3-5-7-17/h3-9,14,16,18H,2,10-13,15H2,1H3,(H,25,26). The summed E-state index contributed by atoms with van der Waals surface area (Å²) in [6.45, 7) is 3.44. The molecule has 0 radical (unpaired) electrons. The van der Waals surface area contributed by atoms with E-state index in [4.69, 9.17) is 5.11 Å². The first-order valence-corrected chi connectivity index (χ1v) is 9.79. The fourth-order valence-corrected chi connectivity index (χ4v) is 4.10. The summed E-state index contributed by atoms with van der Waals surface area (Å²) in [5.74, 6) is -0.619. The summed E-state index contributed by atoms with van der Waals surface area (Å²) in [6, 6.07) is 15.6. The van der Waals surface area contributed by atoms with Crippen molar-refractivity contribution < 1.29 is 14.8 Å². The maximum Gasteiger partial charge on any atom is 0.303 e. The Morgan fingerprint density at radius 1 is 1.21 bits per heavy atom. The molecular formula is C22H26N2O4. The second kappa shape index (κ2) is 8.87. The summed E-state index contributed by atoms with van der Waals surface area (Å²) in [4.78, 5) is 24.5. The van der Waals surface area contributed by atoms with E-state index in [-0.39, 0.29) is 22.9 Å². The number of rotatable bonds is 7. The van der Waals surface area contributed by atoms with Crippen LogP contribution in [0.5, 0.6) is 0 Å². The van der Waals surface area contributed by atoms with Gasteiger partial charge in [0.25, 0.3) is 5.69 Å². The van der Waals surface area contributed by atoms with Gasteiger partial charge in [-0.15, -0.1) is 0 Å². The summed E-state index contributed by atoms with van der Waals surface area (Å²) >= 11 is 0. The van der Waals surface area contributed by atoms with E-state index >= 15 is 0 Å². The number of nitro groups is 1. The fourth-order valence-electron chi connectivity index (χ4n) is 4.10. The molecule has 1 unspecified atom stereocenters. The van der Waals surface area contributed by atoms with Crippen LogP contribution >= 0.6 is 0 Å². The molecule has 0 aromatic heterocycles. The van der Waals surface area contributed by atoms with Gasteiger partial charge >= 0.3 is 5.97 Å². The van der Waals surface area contributed by atoms with E-state index < -0.39 is 5.97 Å². The third-order valence-electron chi connectivity index (χ3n) is 5.69. The van der Waals surface area contributed by atoms with Crippen molar-refractivity contribution in [1.29, 1.82) is 0 Å². The van der Waals surface area contributed by atoms with E-state index in [2.05, 4.69) is 17.0 Å². The van der Waals surface area contributed by atoms with Gasteiger partial charge in [0, 0.05) is 19.2 Å². The van der Waals surface area contributed by atoms with Gasteiger partial charge in [-0.1, -0.05) is 43.3 Å². The Hall–Kier alpha value is -2.89. The lowest BCUT2D eigenvalue weighted by Crippen LogP contribution is -2.33. The first kappa shape index (κ1) is 19.9. The molecule has 6 heteroatoms. The molecule has 1 heterocycles. The number of aliphatic carboxylic acids is 1.